The molecule has 0 radical (unpaired) electrons. The molecule has 1 rings (SSSR count). The molecule has 94 valence electrons. The third kappa shape index (κ3) is 4.70. The molecular weight excluding hydrogens is 264 g/mol. The second-order valence-electron chi connectivity index (χ2n) is 3.16. The highest BCUT2D eigenvalue weighted by Gasteiger charge is 2.28. The molecule has 1 aromatic carbocycles. The lowest BCUT2D eigenvalue weighted by Crippen LogP contribution is -2.20. The van der Waals surface area contributed by atoms with Crippen molar-refractivity contribution in [1.82, 2.24) is 0 Å². The van der Waals surface area contributed by atoms with E-state index >= 15 is 0 Å². The average molecular weight is 271 g/mol. The van der Waals surface area contributed by atoms with Crippen molar-refractivity contribution in [3.8, 4) is 0 Å². The van der Waals surface area contributed by atoms with Crippen molar-refractivity contribution in [3.05, 3.63) is 34.6 Å². The van der Waals surface area contributed by atoms with Gasteiger partial charge in [-0.15, -0.1) is 0 Å². The average Bonchev–Trinajstić information content (AvgIpc) is 2.19. The zero-order valence-corrected chi connectivity index (χ0v) is 9.11. The molecule has 17 heavy (non-hydrogen) atoms. The van der Waals surface area contributed by atoms with Gasteiger partial charge in [0.25, 0.3) is 0 Å². The maximum Gasteiger partial charge on any atom is 0.411 e. The van der Waals surface area contributed by atoms with Crippen LogP contribution in [0.4, 0.5) is 17.6 Å². The van der Waals surface area contributed by atoms with Crippen LogP contribution in [0.2, 0.25) is 5.02 Å². The molecule has 0 amide bonds. The van der Waals surface area contributed by atoms with Crippen molar-refractivity contribution in [3.63, 3.8) is 0 Å². The molecule has 1 aromatic rings. The maximum absolute atomic E-state index is 12.8. The van der Waals surface area contributed by atoms with Crippen LogP contribution in [-0.2, 0) is 4.74 Å². The number of alkyl halides is 3. The van der Waals surface area contributed by atoms with E-state index in [-0.39, 0.29) is 10.6 Å². The summed E-state index contributed by atoms with van der Waals surface area (Å²) in [4.78, 5) is 11.4. The van der Waals surface area contributed by atoms with Crippen molar-refractivity contribution >= 4 is 17.4 Å². The number of hydrogen-bond acceptors (Lipinski definition) is 2. The minimum Gasteiger partial charge on any atom is -0.364 e. The third-order valence-electron chi connectivity index (χ3n) is 1.73. The van der Waals surface area contributed by atoms with Gasteiger partial charge in [-0.25, -0.2) is 4.39 Å². The SMILES string of the molecule is O=C(COCC(F)(F)F)c1cc(F)ccc1Cl. The Labute approximate surface area is 99.1 Å². The summed E-state index contributed by atoms with van der Waals surface area (Å²) in [5.74, 6) is -1.51. The monoisotopic (exact) mass is 270 g/mol. The summed E-state index contributed by atoms with van der Waals surface area (Å²) in [6.07, 6.45) is -4.51. The number of rotatable bonds is 4. The summed E-state index contributed by atoms with van der Waals surface area (Å²) in [5.41, 5.74) is -0.200. The molecule has 7 heteroatoms. The molecule has 0 heterocycles. The van der Waals surface area contributed by atoms with Crippen LogP contribution in [0.3, 0.4) is 0 Å². The Morgan fingerprint density at radius 3 is 2.59 bits per heavy atom. The Hall–Kier alpha value is -1.14. The number of carbonyl (C=O) groups excluding carboxylic acids is 1. The fourth-order valence-corrected chi connectivity index (χ4v) is 1.27. The largest absolute Gasteiger partial charge is 0.411 e. The molecule has 2 nitrogen and oxygen atoms in total. The van der Waals surface area contributed by atoms with Gasteiger partial charge in [-0.3, -0.25) is 4.79 Å². The lowest BCUT2D eigenvalue weighted by molar-refractivity contribution is -0.170. The summed E-state index contributed by atoms with van der Waals surface area (Å²) in [5, 5.41) is -0.0352. The van der Waals surface area contributed by atoms with E-state index in [0.717, 1.165) is 18.2 Å². The van der Waals surface area contributed by atoms with E-state index in [0.29, 0.717) is 0 Å². The molecular formula is C10H7ClF4O2. The normalized spacial score (nSPS) is 11.6. The number of ether oxygens (including phenoxy) is 1. The summed E-state index contributed by atoms with van der Waals surface area (Å²) in [6, 6.07) is 3.03. The van der Waals surface area contributed by atoms with Gasteiger partial charge in [-0.1, -0.05) is 11.6 Å². The highest BCUT2D eigenvalue weighted by molar-refractivity contribution is 6.34. The first-order valence-corrected chi connectivity index (χ1v) is 4.80. The number of carbonyl (C=O) groups is 1. The van der Waals surface area contributed by atoms with E-state index in [1.807, 2.05) is 0 Å². The summed E-state index contributed by atoms with van der Waals surface area (Å²) in [7, 11) is 0. The molecule has 0 fully saturated rings. The van der Waals surface area contributed by atoms with E-state index in [1.54, 1.807) is 0 Å². The Bertz CT molecular complexity index is 417. The summed E-state index contributed by atoms with van der Waals surface area (Å²) >= 11 is 5.59. The van der Waals surface area contributed by atoms with Crippen LogP contribution < -0.4 is 0 Å². The summed E-state index contributed by atoms with van der Waals surface area (Å²) in [6.45, 7) is -2.34. The molecule has 0 spiro atoms. The highest BCUT2D eigenvalue weighted by atomic mass is 35.5. The van der Waals surface area contributed by atoms with Gasteiger partial charge in [-0.05, 0) is 18.2 Å². The molecule has 0 saturated carbocycles. The lowest BCUT2D eigenvalue weighted by Gasteiger charge is -2.07. The van der Waals surface area contributed by atoms with Gasteiger partial charge >= 0.3 is 6.18 Å². The Kier molecular flexibility index (Phi) is 4.47. The van der Waals surface area contributed by atoms with Crippen LogP contribution in [-0.4, -0.2) is 25.2 Å². The van der Waals surface area contributed by atoms with Crippen LogP contribution in [0.5, 0.6) is 0 Å². The fourth-order valence-electron chi connectivity index (χ4n) is 1.05. The number of benzene rings is 1. The minimum atomic E-state index is -4.51. The van der Waals surface area contributed by atoms with E-state index in [2.05, 4.69) is 4.74 Å². The van der Waals surface area contributed by atoms with Gasteiger partial charge < -0.3 is 4.74 Å². The standard InChI is InChI=1S/C10H7ClF4O2/c11-8-2-1-6(12)3-7(8)9(16)4-17-5-10(13,14)15/h1-3H,4-5H2. The molecule has 0 atom stereocenters. The van der Waals surface area contributed by atoms with Gasteiger partial charge in [-0.2, -0.15) is 13.2 Å². The molecule has 0 bridgehead atoms. The third-order valence-corrected chi connectivity index (χ3v) is 2.06. The Morgan fingerprint density at radius 2 is 2.00 bits per heavy atom. The van der Waals surface area contributed by atoms with Gasteiger partial charge in [0.2, 0.25) is 0 Å². The van der Waals surface area contributed by atoms with Crippen molar-refractivity contribution in [2.75, 3.05) is 13.2 Å². The molecule has 0 unspecified atom stereocenters. The molecule has 0 aliphatic rings. The van der Waals surface area contributed by atoms with Gasteiger partial charge in [0, 0.05) is 5.56 Å². The predicted octanol–water partition coefficient (Wildman–Crippen LogP) is 3.24. The van der Waals surface area contributed by atoms with Crippen molar-refractivity contribution in [2.45, 2.75) is 6.18 Å². The van der Waals surface area contributed by atoms with Crippen LogP contribution in [0.1, 0.15) is 10.4 Å². The van der Waals surface area contributed by atoms with Crippen LogP contribution in [0, 0.1) is 5.82 Å². The predicted molar refractivity (Wildman–Crippen MR) is 52.6 cm³/mol. The van der Waals surface area contributed by atoms with Gasteiger partial charge in [0.1, 0.15) is 19.0 Å². The van der Waals surface area contributed by atoms with Crippen LogP contribution in [0.25, 0.3) is 0 Å². The quantitative estimate of drug-likeness (QED) is 0.620. The van der Waals surface area contributed by atoms with Crippen LogP contribution >= 0.6 is 11.6 Å². The molecule has 0 aromatic heterocycles. The Morgan fingerprint density at radius 1 is 1.35 bits per heavy atom. The number of ketones is 1. The lowest BCUT2D eigenvalue weighted by atomic mass is 10.1. The number of Topliss-reactive ketones (excluding diaryl/α,β-unsaturated/α-hetero) is 1. The molecule has 0 saturated heterocycles. The molecule has 0 N–H and O–H groups in total. The van der Waals surface area contributed by atoms with Gasteiger partial charge in [0.05, 0.1) is 5.02 Å². The van der Waals surface area contributed by atoms with E-state index in [4.69, 9.17) is 11.6 Å². The number of hydrogen-bond donors (Lipinski definition) is 0. The topological polar surface area (TPSA) is 26.3 Å². The van der Waals surface area contributed by atoms with E-state index < -0.39 is 31.0 Å². The van der Waals surface area contributed by atoms with E-state index in [1.165, 1.54) is 0 Å². The molecule has 0 aliphatic heterocycles. The second kappa shape index (κ2) is 5.46. The minimum absolute atomic E-state index is 0.0352. The zero-order valence-electron chi connectivity index (χ0n) is 8.35. The first-order valence-electron chi connectivity index (χ1n) is 4.42. The van der Waals surface area contributed by atoms with E-state index in [9.17, 15) is 22.4 Å². The van der Waals surface area contributed by atoms with Crippen molar-refractivity contribution in [1.29, 1.82) is 0 Å². The zero-order chi connectivity index (χ0) is 13.1. The highest BCUT2D eigenvalue weighted by Crippen LogP contribution is 2.18. The van der Waals surface area contributed by atoms with Crippen molar-refractivity contribution < 1.29 is 27.1 Å². The fraction of sp³-hybridized carbons (Fsp3) is 0.300. The number of halogens is 5. The second-order valence-corrected chi connectivity index (χ2v) is 3.56. The van der Waals surface area contributed by atoms with Crippen molar-refractivity contribution in [2.24, 2.45) is 0 Å². The van der Waals surface area contributed by atoms with Crippen LogP contribution in [0.15, 0.2) is 18.2 Å². The smallest absolute Gasteiger partial charge is 0.364 e. The molecule has 0 aliphatic carbocycles. The van der Waals surface area contributed by atoms with Gasteiger partial charge in [0.15, 0.2) is 5.78 Å². The Balaban J connectivity index is 2.61. The first-order chi connectivity index (χ1) is 7.79. The maximum atomic E-state index is 12.8. The summed E-state index contributed by atoms with van der Waals surface area (Å²) < 4.78 is 52.1. The first kappa shape index (κ1) is 13.9.